The van der Waals surface area contributed by atoms with Crippen molar-refractivity contribution in [3.63, 3.8) is 0 Å². The van der Waals surface area contributed by atoms with Crippen LogP contribution in [0.3, 0.4) is 0 Å². The fourth-order valence-electron chi connectivity index (χ4n) is 1.80. The highest BCUT2D eigenvalue weighted by molar-refractivity contribution is 6.31. The second kappa shape index (κ2) is 7.17. The Morgan fingerprint density at radius 1 is 1.05 bits per heavy atom. The first kappa shape index (κ1) is 14.7. The fourth-order valence-corrected chi connectivity index (χ4v) is 2.03. The highest BCUT2D eigenvalue weighted by Gasteiger charge is 2.04. The summed E-state index contributed by atoms with van der Waals surface area (Å²) >= 11 is 6.25. The second-order valence-corrected chi connectivity index (χ2v) is 4.72. The Labute approximate surface area is 124 Å². The van der Waals surface area contributed by atoms with E-state index in [0.717, 1.165) is 30.2 Å². The number of hydrogen-bond acceptors (Lipinski definition) is 3. The summed E-state index contributed by atoms with van der Waals surface area (Å²) in [6, 6.07) is 13.2. The van der Waals surface area contributed by atoms with E-state index in [2.05, 4.69) is 12.2 Å². The van der Waals surface area contributed by atoms with Gasteiger partial charge >= 0.3 is 0 Å². The normalized spacial score (nSPS) is 10.3. The molecule has 2 aromatic rings. The van der Waals surface area contributed by atoms with Crippen molar-refractivity contribution >= 4 is 11.6 Å². The molecule has 0 heterocycles. The molecule has 2 rings (SSSR count). The summed E-state index contributed by atoms with van der Waals surface area (Å²) in [6.45, 7) is 3.74. The molecule has 4 heteroatoms. The first-order chi connectivity index (χ1) is 9.72. The number of ether oxygens (including phenoxy) is 2. The minimum Gasteiger partial charge on any atom is -0.497 e. The minimum atomic E-state index is 0.700. The molecular formula is C16H18ClNO2. The van der Waals surface area contributed by atoms with E-state index in [1.165, 1.54) is 0 Å². The van der Waals surface area contributed by atoms with Gasteiger partial charge in [-0.25, -0.2) is 0 Å². The molecule has 0 bridgehead atoms. The lowest BCUT2D eigenvalue weighted by Crippen LogP contribution is -2.11. The van der Waals surface area contributed by atoms with E-state index >= 15 is 0 Å². The molecule has 0 unspecified atom stereocenters. The Kier molecular flexibility index (Phi) is 5.27. The summed E-state index contributed by atoms with van der Waals surface area (Å²) in [5.74, 6) is 2.20. The summed E-state index contributed by atoms with van der Waals surface area (Å²) in [5.41, 5.74) is 1.06. The van der Waals surface area contributed by atoms with Crippen LogP contribution in [0, 0.1) is 0 Å². The highest BCUT2D eigenvalue weighted by Crippen LogP contribution is 2.28. The van der Waals surface area contributed by atoms with Crippen molar-refractivity contribution in [2.24, 2.45) is 0 Å². The number of benzene rings is 2. The van der Waals surface area contributed by atoms with Crippen molar-refractivity contribution in [3.05, 3.63) is 53.1 Å². The largest absolute Gasteiger partial charge is 0.497 e. The van der Waals surface area contributed by atoms with E-state index in [9.17, 15) is 0 Å². The molecule has 0 spiro atoms. The van der Waals surface area contributed by atoms with Gasteiger partial charge in [-0.3, -0.25) is 0 Å². The molecule has 0 aliphatic heterocycles. The standard InChI is InChI=1S/C16H18ClNO2/c1-3-18-11-12-7-8-15(10-16(12)17)20-14-6-4-5-13(9-14)19-2/h4-10,18H,3,11H2,1-2H3. The Bertz CT molecular complexity index is 572. The van der Waals surface area contributed by atoms with Crippen LogP contribution in [0.4, 0.5) is 0 Å². The van der Waals surface area contributed by atoms with Crippen LogP contribution in [0.25, 0.3) is 0 Å². The molecule has 0 aliphatic rings. The van der Waals surface area contributed by atoms with Gasteiger partial charge in [-0.15, -0.1) is 0 Å². The Hall–Kier alpha value is -1.71. The summed E-state index contributed by atoms with van der Waals surface area (Å²) in [7, 11) is 1.63. The molecule has 106 valence electrons. The molecule has 3 nitrogen and oxygen atoms in total. The predicted molar refractivity (Wildman–Crippen MR) is 81.9 cm³/mol. The maximum absolute atomic E-state index is 6.25. The van der Waals surface area contributed by atoms with Gasteiger partial charge in [0.1, 0.15) is 17.2 Å². The lowest BCUT2D eigenvalue weighted by molar-refractivity contribution is 0.409. The van der Waals surface area contributed by atoms with Crippen LogP contribution in [-0.2, 0) is 6.54 Å². The first-order valence-electron chi connectivity index (χ1n) is 6.54. The number of methoxy groups -OCH3 is 1. The molecule has 0 radical (unpaired) electrons. The SMILES string of the molecule is CCNCc1ccc(Oc2cccc(OC)c2)cc1Cl. The second-order valence-electron chi connectivity index (χ2n) is 4.31. The molecule has 0 atom stereocenters. The number of halogens is 1. The van der Waals surface area contributed by atoms with E-state index in [4.69, 9.17) is 21.1 Å². The van der Waals surface area contributed by atoms with Crippen molar-refractivity contribution in [2.75, 3.05) is 13.7 Å². The zero-order chi connectivity index (χ0) is 14.4. The van der Waals surface area contributed by atoms with Gasteiger partial charge in [-0.05, 0) is 36.4 Å². The predicted octanol–water partition coefficient (Wildman–Crippen LogP) is 4.25. The van der Waals surface area contributed by atoms with Gasteiger partial charge < -0.3 is 14.8 Å². The van der Waals surface area contributed by atoms with Crippen LogP contribution in [0.1, 0.15) is 12.5 Å². The van der Waals surface area contributed by atoms with E-state index in [-0.39, 0.29) is 0 Å². The van der Waals surface area contributed by atoms with E-state index in [1.807, 2.05) is 42.5 Å². The van der Waals surface area contributed by atoms with Gasteiger partial charge in [-0.2, -0.15) is 0 Å². The molecule has 0 saturated carbocycles. The topological polar surface area (TPSA) is 30.5 Å². The molecular weight excluding hydrogens is 274 g/mol. The van der Waals surface area contributed by atoms with Crippen LogP contribution < -0.4 is 14.8 Å². The van der Waals surface area contributed by atoms with Crippen LogP contribution >= 0.6 is 11.6 Å². The fraction of sp³-hybridized carbons (Fsp3) is 0.250. The van der Waals surface area contributed by atoms with Gasteiger partial charge in [0.15, 0.2) is 0 Å². The van der Waals surface area contributed by atoms with E-state index in [1.54, 1.807) is 7.11 Å². The van der Waals surface area contributed by atoms with Crippen molar-refractivity contribution in [3.8, 4) is 17.2 Å². The number of nitrogens with one attached hydrogen (secondary N) is 1. The van der Waals surface area contributed by atoms with Crippen molar-refractivity contribution in [2.45, 2.75) is 13.5 Å². The Morgan fingerprint density at radius 2 is 1.80 bits per heavy atom. The molecule has 0 saturated heterocycles. The summed E-state index contributed by atoms with van der Waals surface area (Å²) in [4.78, 5) is 0. The quantitative estimate of drug-likeness (QED) is 0.863. The van der Waals surface area contributed by atoms with Crippen LogP contribution in [0.5, 0.6) is 17.2 Å². The Balaban J connectivity index is 2.11. The van der Waals surface area contributed by atoms with Crippen molar-refractivity contribution in [1.29, 1.82) is 0 Å². The number of rotatable bonds is 6. The maximum atomic E-state index is 6.25. The first-order valence-corrected chi connectivity index (χ1v) is 6.91. The van der Waals surface area contributed by atoms with Crippen LogP contribution in [0.15, 0.2) is 42.5 Å². The average molecular weight is 292 g/mol. The lowest BCUT2D eigenvalue weighted by Gasteiger charge is -2.10. The van der Waals surface area contributed by atoms with Crippen LogP contribution in [-0.4, -0.2) is 13.7 Å². The van der Waals surface area contributed by atoms with E-state index in [0.29, 0.717) is 10.8 Å². The number of hydrogen-bond donors (Lipinski definition) is 1. The zero-order valence-corrected chi connectivity index (χ0v) is 12.4. The van der Waals surface area contributed by atoms with Gasteiger partial charge in [0.25, 0.3) is 0 Å². The van der Waals surface area contributed by atoms with Gasteiger partial charge in [0.2, 0.25) is 0 Å². The Morgan fingerprint density at radius 3 is 2.50 bits per heavy atom. The lowest BCUT2D eigenvalue weighted by atomic mass is 10.2. The van der Waals surface area contributed by atoms with Crippen molar-refractivity contribution < 1.29 is 9.47 Å². The van der Waals surface area contributed by atoms with Crippen LogP contribution in [0.2, 0.25) is 5.02 Å². The summed E-state index contributed by atoms with van der Waals surface area (Å²) in [5, 5.41) is 3.95. The monoisotopic (exact) mass is 291 g/mol. The molecule has 0 amide bonds. The molecule has 0 aromatic heterocycles. The smallest absolute Gasteiger partial charge is 0.131 e. The third kappa shape index (κ3) is 3.89. The van der Waals surface area contributed by atoms with E-state index < -0.39 is 0 Å². The van der Waals surface area contributed by atoms with Gasteiger partial charge in [-0.1, -0.05) is 30.7 Å². The van der Waals surface area contributed by atoms with Crippen molar-refractivity contribution in [1.82, 2.24) is 5.32 Å². The molecule has 0 aliphatic carbocycles. The van der Waals surface area contributed by atoms with Gasteiger partial charge in [0.05, 0.1) is 7.11 Å². The zero-order valence-electron chi connectivity index (χ0n) is 11.7. The van der Waals surface area contributed by atoms with Gasteiger partial charge in [0, 0.05) is 17.6 Å². The molecule has 20 heavy (non-hydrogen) atoms. The maximum Gasteiger partial charge on any atom is 0.131 e. The minimum absolute atomic E-state index is 0.700. The third-order valence-corrected chi connectivity index (χ3v) is 3.22. The molecule has 1 N–H and O–H groups in total. The molecule has 0 fully saturated rings. The highest BCUT2D eigenvalue weighted by atomic mass is 35.5. The average Bonchev–Trinajstić information content (AvgIpc) is 2.47. The summed E-state index contributed by atoms with van der Waals surface area (Å²) < 4.78 is 10.9. The summed E-state index contributed by atoms with van der Waals surface area (Å²) in [6.07, 6.45) is 0. The third-order valence-electron chi connectivity index (χ3n) is 2.87. The molecule has 2 aromatic carbocycles.